The van der Waals surface area contributed by atoms with Crippen LogP contribution in [-0.4, -0.2) is 39.2 Å². The van der Waals surface area contributed by atoms with Crippen molar-refractivity contribution in [1.82, 2.24) is 14.3 Å². The van der Waals surface area contributed by atoms with Crippen LogP contribution in [0.1, 0.15) is 45.8 Å². The van der Waals surface area contributed by atoms with E-state index in [2.05, 4.69) is 10.3 Å². The molecule has 0 aliphatic rings. The SMILES string of the molecule is CCN(CC)C(=O)c1ccc(NC(=O)c2cccc(OCc3cn4cccc(C)c4n3)c2)cc1. The molecule has 2 aromatic heterocycles. The minimum absolute atomic E-state index is 0.0199. The Hall–Kier alpha value is -4.13. The predicted molar refractivity (Wildman–Crippen MR) is 132 cm³/mol. The molecule has 2 aromatic carbocycles. The quantitative estimate of drug-likeness (QED) is 0.407. The molecular weight excluding hydrogens is 428 g/mol. The van der Waals surface area contributed by atoms with Crippen LogP contribution in [0.4, 0.5) is 5.69 Å². The average molecular weight is 457 g/mol. The summed E-state index contributed by atoms with van der Waals surface area (Å²) in [6.45, 7) is 7.53. The highest BCUT2D eigenvalue weighted by atomic mass is 16.5. The second-order valence-corrected chi connectivity index (χ2v) is 7.98. The van der Waals surface area contributed by atoms with Gasteiger partial charge >= 0.3 is 0 Å². The average Bonchev–Trinajstić information content (AvgIpc) is 3.29. The molecule has 0 atom stereocenters. The topological polar surface area (TPSA) is 75.9 Å². The van der Waals surface area contributed by atoms with Crippen LogP contribution in [0.15, 0.2) is 73.1 Å². The Bertz CT molecular complexity index is 1310. The third kappa shape index (κ3) is 5.09. The number of anilines is 1. The van der Waals surface area contributed by atoms with Crippen molar-refractivity contribution in [1.29, 1.82) is 0 Å². The Balaban J connectivity index is 1.39. The van der Waals surface area contributed by atoms with Crippen molar-refractivity contribution in [2.45, 2.75) is 27.4 Å². The van der Waals surface area contributed by atoms with E-state index in [9.17, 15) is 9.59 Å². The number of hydrogen-bond acceptors (Lipinski definition) is 4. The van der Waals surface area contributed by atoms with Gasteiger partial charge in [-0.3, -0.25) is 9.59 Å². The van der Waals surface area contributed by atoms with E-state index in [0.717, 1.165) is 16.9 Å². The van der Waals surface area contributed by atoms with E-state index in [4.69, 9.17) is 4.74 Å². The first-order chi connectivity index (χ1) is 16.5. The lowest BCUT2D eigenvalue weighted by Gasteiger charge is -2.18. The van der Waals surface area contributed by atoms with Crippen molar-refractivity contribution in [3.05, 3.63) is 95.4 Å². The molecule has 0 fully saturated rings. The van der Waals surface area contributed by atoms with Gasteiger partial charge in [-0.1, -0.05) is 12.1 Å². The smallest absolute Gasteiger partial charge is 0.255 e. The number of aromatic nitrogens is 2. The number of benzene rings is 2. The second kappa shape index (κ2) is 10.2. The summed E-state index contributed by atoms with van der Waals surface area (Å²) in [6.07, 6.45) is 3.89. The molecule has 34 heavy (non-hydrogen) atoms. The highest BCUT2D eigenvalue weighted by Crippen LogP contribution is 2.18. The molecule has 0 radical (unpaired) electrons. The highest BCUT2D eigenvalue weighted by molar-refractivity contribution is 6.04. The molecule has 0 unspecified atom stereocenters. The van der Waals surface area contributed by atoms with Gasteiger partial charge in [0, 0.05) is 42.3 Å². The number of ether oxygens (including phenoxy) is 1. The summed E-state index contributed by atoms with van der Waals surface area (Å²) in [5.41, 5.74) is 4.50. The van der Waals surface area contributed by atoms with Gasteiger partial charge in [-0.25, -0.2) is 4.98 Å². The molecule has 2 amide bonds. The lowest BCUT2D eigenvalue weighted by molar-refractivity contribution is 0.0773. The van der Waals surface area contributed by atoms with E-state index in [1.165, 1.54) is 0 Å². The van der Waals surface area contributed by atoms with E-state index in [-0.39, 0.29) is 11.8 Å². The number of carbonyl (C=O) groups excluding carboxylic acids is 2. The second-order valence-electron chi connectivity index (χ2n) is 7.98. The minimum atomic E-state index is -0.253. The highest BCUT2D eigenvalue weighted by Gasteiger charge is 2.13. The summed E-state index contributed by atoms with van der Waals surface area (Å²) in [6, 6.07) is 18.0. The van der Waals surface area contributed by atoms with Crippen molar-refractivity contribution in [3.8, 4) is 5.75 Å². The van der Waals surface area contributed by atoms with Crippen LogP contribution >= 0.6 is 0 Å². The van der Waals surface area contributed by atoms with Crippen molar-refractivity contribution < 1.29 is 14.3 Å². The molecule has 7 heteroatoms. The zero-order valence-electron chi connectivity index (χ0n) is 19.6. The number of aryl methyl sites for hydroxylation is 1. The van der Waals surface area contributed by atoms with Gasteiger partial charge in [0.25, 0.3) is 11.8 Å². The Kier molecular flexibility index (Phi) is 6.92. The summed E-state index contributed by atoms with van der Waals surface area (Å²) in [7, 11) is 0. The lowest BCUT2D eigenvalue weighted by Crippen LogP contribution is -2.30. The zero-order valence-corrected chi connectivity index (χ0v) is 19.6. The van der Waals surface area contributed by atoms with Crippen LogP contribution in [0.5, 0.6) is 5.75 Å². The fourth-order valence-corrected chi connectivity index (χ4v) is 3.75. The third-order valence-electron chi connectivity index (χ3n) is 5.65. The Labute approximate surface area is 199 Å². The first-order valence-corrected chi connectivity index (χ1v) is 11.3. The first-order valence-electron chi connectivity index (χ1n) is 11.3. The summed E-state index contributed by atoms with van der Waals surface area (Å²) < 4.78 is 7.86. The normalized spacial score (nSPS) is 10.8. The lowest BCUT2D eigenvalue weighted by atomic mass is 10.1. The number of carbonyl (C=O) groups is 2. The maximum Gasteiger partial charge on any atom is 0.255 e. The monoisotopic (exact) mass is 456 g/mol. The third-order valence-corrected chi connectivity index (χ3v) is 5.65. The Morgan fingerprint density at radius 3 is 2.47 bits per heavy atom. The summed E-state index contributed by atoms with van der Waals surface area (Å²) in [5, 5.41) is 2.87. The summed E-state index contributed by atoms with van der Waals surface area (Å²) in [5.74, 6) is 0.312. The first kappa shape index (κ1) is 23.0. The number of amides is 2. The molecule has 2 heterocycles. The van der Waals surface area contributed by atoms with E-state index in [1.807, 2.05) is 55.8 Å². The van der Waals surface area contributed by atoms with Crippen molar-refractivity contribution in [3.63, 3.8) is 0 Å². The zero-order chi connectivity index (χ0) is 24.1. The molecule has 4 aromatic rings. The number of fused-ring (bicyclic) bond motifs is 1. The molecule has 0 aliphatic carbocycles. The standard InChI is InChI=1S/C27H28N4O3/c1-4-30(5-2)27(33)20-11-13-22(14-12-20)29-26(32)21-9-6-10-24(16-21)34-18-23-17-31-15-7-8-19(3)25(31)28-23/h6-17H,4-5,18H2,1-3H3,(H,29,32). The Morgan fingerprint density at radius 1 is 1.00 bits per heavy atom. The summed E-state index contributed by atoms with van der Waals surface area (Å²) in [4.78, 5) is 31.6. The van der Waals surface area contributed by atoms with Crippen LogP contribution < -0.4 is 10.1 Å². The van der Waals surface area contributed by atoms with Gasteiger partial charge in [0.05, 0.1) is 5.69 Å². The van der Waals surface area contributed by atoms with Gasteiger partial charge in [-0.15, -0.1) is 0 Å². The van der Waals surface area contributed by atoms with Gasteiger partial charge in [0.15, 0.2) is 0 Å². The van der Waals surface area contributed by atoms with Crippen molar-refractivity contribution >= 4 is 23.1 Å². The van der Waals surface area contributed by atoms with Crippen LogP contribution in [0.2, 0.25) is 0 Å². The number of hydrogen-bond donors (Lipinski definition) is 1. The fraction of sp³-hybridized carbons (Fsp3) is 0.222. The van der Waals surface area contributed by atoms with E-state index < -0.39 is 0 Å². The van der Waals surface area contributed by atoms with Gasteiger partial charge in [0.2, 0.25) is 0 Å². The molecule has 174 valence electrons. The molecule has 0 saturated heterocycles. The molecule has 1 N–H and O–H groups in total. The maximum atomic E-state index is 12.8. The maximum absolute atomic E-state index is 12.8. The molecular formula is C27H28N4O3. The van der Waals surface area contributed by atoms with Gasteiger partial charge in [0.1, 0.15) is 18.0 Å². The number of imidazole rings is 1. The van der Waals surface area contributed by atoms with Gasteiger partial charge < -0.3 is 19.4 Å². The van der Waals surface area contributed by atoms with E-state index in [0.29, 0.717) is 42.3 Å². The number of rotatable bonds is 8. The van der Waals surface area contributed by atoms with Gasteiger partial charge in [-0.2, -0.15) is 0 Å². The summed E-state index contributed by atoms with van der Waals surface area (Å²) >= 11 is 0. The van der Waals surface area contributed by atoms with Gasteiger partial charge in [-0.05, 0) is 74.9 Å². The molecule has 0 bridgehead atoms. The number of pyridine rings is 1. The number of nitrogens with one attached hydrogen (secondary N) is 1. The number of nitrogens with zero attached hydrogens (tertiary/aromatic N) is 3. The van der Waals surface area contributed by atoms with Crippen LogP contribution in [0.3, 0.4) is 0 Å². The largest absolute Gasteiger partial charge is 0.487 e. The minimum Gasteiger partial charge on any atom is -0.487 e. The fourth-order valence-electron chi connectivity index (χ4n) is 3.75. The van der Waals surface area contributed by atoms with Crippen molar-refractivity contribution in [2.24, 2.45) is 0 Å². The molecule has 7 nitrogen and oxygen atoms in total. The molecule has 0 aliphatic heterocycles. The van der Waals surface area contributed by atoms with Crippen LogP contribution in [0, 0.1) is 6.92 Å². The molecule has 0 saturated carbocycles. The Morgan fingerprint density at radius 2 is 1.76 bits per heavy atom. The predicted octanol–water partition coefficient (Wildman–Crippen LogP) is 4.96. The van der Waals surface area contributed by atoms with E-state index in [1.54, 1.807) is 47.4 Å². The molecule has 4 rings (SSSR count). The van der Waals surface area contributed by atoms with E-state index >= 15 is 0 Å². The van der Waals surface area contributed by atoms with Crippen molar-refractivity contribution in [2.75, 3.05) is 18.4 Å². The van der Waals surface area contributed by atoms with Crippen LogP contribution in [0.25, 0.3) is 5.65 Å². The van der Waals surface area contributed by atoms with Crippen LogP contribution in [-0.2, 0) is 6.61 Å². The molecule has 0 spiro atoms.